The molecule has 0 aliphatic rings. The maximum Gasteiger partial charge on any atom is 0.307 e. The van der Waals surface area contributed by atoms with Gasteiger partial charge in [0.1, 0.15) is 23.0 Å². The van der Waals surface area contributed by atoms with Crippen molar-refractivity contribution in [1.82, 2.24) is 0 Å². The molecule has 0 unspecified atom stereocenters. The van der Waals surface area contributed by atoms with Crippen molar-refractivity contribution in [2.75, 3.05) is 6.61 Å². The number of hydrogen-bond donors (Lipinski definition) is 2. The van der Waals surface area contributed by atoms with Crippen LogP contribution in [0, 0.1) is 0 Å². The second-order valence-electron chi connectivity index (χ2n) is 7.16. The number of ether oxygens (including phenoxy) is 2. The minimum atomic E-state index is -3.91. The Bertz CT molecular complexity index is 1170. The maximum absolute atomic E-state index is 13.2. The van der Waals surface area contributed by atoms with E-state index in [1.54, 1.807) is 18.2 Å². The van der Waals surface area contributed by atoms with Gasteiger partial charge >= 0.3 is 5.97 Å². The third kappa shape index (κ3) is 6.01. The van der Waals surface area contributed by atoms with Crippen LogP contribution in [0.25, 0.3) is 0 Å². The predicted molar refractivity (Wildman–Crippen MR) is 118 cm³/mol. The van der Waals surface area contributed by atoms with Crippen LogP contribution in [0.2, 0.25) is 0 Å². The highest BCUT2D eigenvalue weighted by Crippen LogP contribution is 2.29. The Morgan fingerprint density at radius 2 is 1.50 bits per heavy atom. The van der Waals surface area contributed by atoms with Crippen LogP contribution in [-0.2, 0) is 21.1 Å². The van der Waals surface area contributed by atoms with Crippen LogP contribution < -0.4 is 9.47 Å². The summed E-state index contributed by atoms with van der Waals surface area (Å²) in [5.41, 5.74) is 0.345. The van der Waals surface area contributed by atoms with Crippen molar-refractivity contribution in [2.24, 2.45) is 0 Å². The van der Waals surface area contributed by atoms with E-state index in [1.807, 2.05) is 6.92 Å². The van der Waals surface area contributed by atoms with E-state index >= 15 is 0 Å². The molecule has 8 heteroatoms. The number of benzene rings is 3. The van der Waals surface area contributed by atoms with Crippen LogP contribution in [-0.4, -0.2) is 31.2 Å². The number of hydrogen-bond acceptors (Lipinski definition) is 6. The first-order chi connectivity index (χ1) is 15.3. The van der Waals surface area contributed by atoms with E-state index in [4.69, 9.17) is 14.6 Å². The summed E-state index contributed by atoms with van der Waals surface area (Å²) < 4.78 is 37.7. The van der Waals surface area contributed by atoms with E-state index in [9.17, 15) is 18.3 Å². The Morgan fingerprint density at radius 3 is 2.09 bits per heavy atom. The first-order valence-electron chi connectivity index (χ1n) is 10.1. The van der Waals surface area contributed by atoms with Crippen molar-refractivity contribution < 1.29 is 32.9 Å². The Labute approximate surface area is 186 Å². The molecule has 0 saturated carbocycles. The molecule has 0 atom stereocenters. The highest BCUT2D eigenvalue weighted by molar-refractivity contribution is 7.91. The lowest BCUT2D eigenvalue weighted by Crippen LogP contribution is -2.07. The molecular weight excluding hydrogens is 432 g/mol. The Morgan fingerprint density at radius 1 is 0.875 bits per heavy atom. The molecule has 168 valence electrons. The topological polar surface area (TPSA) is 110 Å². The highest BCUT2D eigenvalue weighted by Gasteiger charge is 2.20. The summed E-state index contributed by atoms with van der Waals surface area (Å²) in [5, 5.41) is 18.5. The molecule has 7 nitrogen and oxygen atoms in total. The second kappa shape index (κ2) is 10.2. The Hall–Kier alpha value is -3.52. The van der Waals surface area contributed by atoms with Crippen LogP contribution >= 0.6 is 0 Å². The first-order valence-corrected chi connectivity index (χ1v) is 11.6. The minimum Gasteiger partial charge on any atom is -0.508 e. The van der Waals surface area contributed by atoms with Crippen molar-refractivity contribution in [3.05, 3.63) is 72.3 Å². The molecule has 0 fully saturated rings. The standard InChI is InChI=1S/C24H24O7S/c1-2-3-12-30-21-13-17(15-24(26)27)14-23(16-21)32(28,29)22-10-8-20(9-11-22)31-19-6-4-18(25)5-7-19/h4-11,13-14,16,25H,2-3,12,15H2,1H3,(H,26,27). The van der Waals surface area contributed by atoms with Gasteiger partial charge in [-0.1, -0.05) is 13.3 Å². The number of sulfone groups is 1. The number of carboxylic acids is 1. The predicted octanol–water partition coefficient (Wildman–Crippen LogP) is 4.82. The Kier molecular flexibility index (Phi) is 7.37. The molecule has 2 N–H and O–H groups in total. The van der Waals surface area contributed by atoms with Gasteiger partial charge in [0.25, 0.3) is 0 Å². The fourth-order valence-electron chi connectivity index (χ4n) is 2.95. The number of carboxylic acid groups (broad SMARTS) is 1. The number of phenolic OH excluding ortho intramolecular Hbond substituents is 1. The molecule has 0 bridgehead atoms. The van der Waals surface area contributed by atoms with Crippen molar-refractivity contribution in [3.63, 3.8) is 0 Å². The SMILES string of the molecule is CCCCOc1cc(CC(=O)O)cc(S(=O)(=O)c2ccc(Oc3ccc(O)cc3)cc2)c1. The second-order valence-corrected chi connectivity index (χ2v) is 9.11. The van der Waals surface area contributed by atoms with Crippen LogP contribution in [0.5, 0.6) is 23.0 Å². The van der Waals surface area contributed by atoms with Gasteiger partial charge in [0.05, 0.1) is 22.8 Å². The maximum atomic E-state index is 13.2. The summed E-state index contributed by atoms with van der Waals surface area (Å²) in [4.78, 5) is 11.2. The number of aliphatic carboxylic acids is 1. The van der Waals surface area contributed by atoms with E-state index in [1.165, 1.54) is 48.5 Å². The van der Waals surface area contributed by atoms with Gasteiger partial charge in [-0.15, -0.1) is 0 Å². The smallest absolute Gasteiger partial charge is 0.307 e. The molecular formula is C24H24O7S. The fourth-order valence-corrected chi connectivity index (χ4v) is 4.30. The van der Waals surface area contributed by atoms with Gasteiger partial charge in [0.15, 0.2) is 0 Å². The van der Waals surface area contributed by atoms with Crippen molar-refractivity contribution in [3.8, 4) is 23.0 Å². The molecule has 0 radical (unpaired) electrons. The largest absolute Gasteiger partial charge is 0.508 e. The zero-order valence-corrected chi connectivity index (χ0v) is 18.3. The van der Waals surface area contributed by atoms with Crippen LogP contribution in [0.15, 0.2) is 76.5 Å². The van der Waals surface area contributed by atoms with Gasteiger partial charge in [0, 0.05) is 0 Å². The molecule has 0 spiro atoms. The first kappa shape index (κ1) is 23.1. The summed E-state index contributed by atoms with van der Waals surface area (Å²) in [6.07, 6.45) is 1.40. The molecule has 3 aromatic carbocycles. The molecule has 0 amide bonds. The normalized spacial score (nSPS) is 11.2. The summed E-state index contributed by atoms with van der Waals surface area (Å²) in [6.45, 7) is 2.42. The summed E-state index contributed by atoms with van der Waals surface area (Å²) in [6, 6.07) is 16.4. The molecule has 32 heavy (non-hydrogen) atoms. The van der Waals surface area contributed by atoms with Gasteiger partial charge < -0.3 is 19.7 Å². The van der Waals surface area contributed by atoms with E-state index in [0.29, 0.717) is 29.4 Å². The monoisotopic (exact) mass is 456 g/mol. The van der Waals surface area contributed by atoms with E-state index in [0.717, 1.165) is 12.8 Å². The quantitative estimate of drug-likeness (QED) is 0.421. The Balaban J connectivity index is 1.87. The molecule has 0 aromatic heterocycles. The van der Waals surface area contributed by atoms with E-state index in [-0.39, 0.29) is 22.0 Å². The van der Waals surface area contributed by atoms with Gasteiger partial charge in [-0.2, -0.15) is 0 Å². The highest BCUT2D eigenvalue weighted by atomic mass is 32.2. The minimum absolute atomic E-state index is 0.0325. The zero-order chi connectivity index (χ0) is 23.1. The lowest BCUT2D eigenvalue weighted by Gasteiger charge is -2.12. The number of rotatable bonds is 10. The third-order valence-electron chi connectivity index (χ3n) is 4.58. The average Bonchev–Trinajstić information content (AvgIpc) is 2.75. The summed E-state index contributed by atoms with van der Waals surface area (Å²) in [7, 11) is -3.91. The molecule has 0 aliphatic carbocycles. The van der Waals surface area contributed by atoms with Gasteiger partial charge in [-0.05, 0) is 78.7 Å². The fraction of sp³-hybridized carbons (Fsp3) is 0.208. The van der Waals surface area contributed by atoms with Crippen molar-refractivity contribution >= 4 is 15.8 Å². The van der Waals surface area contributed by atoms with Crippen molar-refractivity contribution in [2.45, 2.75) is 36.0 Å². The van der Waals surface area contributed by atoms with E-state index in [2.05, 4.69) is 0 Å². The van der Waals surface area contributed by atoms with Crippen molar-refractivity contribution in [1.29, 1.82) is 0 Å². The lowest BCUT2D eigenvalue weighted by atomic mass is 10.1. The summed E-state index contributed by atoms with van der Waals surface area (Å²) in [5.74, 6) is 0.298. The van der Waals surface area contributed by atoms with Gasteiger partial charge in [-0.3, -0.25) is 4.79 Å². The average molecular weight is 457 g/mol. The number of carbonyl (C=O) groups is 1. The lowest BCUT2D eigenvalue weighted by molar-refractivity contribution is -0.136. The van der Waals surface area contributed by atoms with E-state index < -0.39 is 15.8 Å². The van der Waals surface area contributed by atoms with Gasteiger partial charge in [-0.25, -0.2) is 8.42 Å². The van der Waals surface area contributed by atoms with Crippen LogP contribution in [0.3, 0.4) is 0 Å². The molecule has 0 saturated heterocycles. The molecule has 3 rings (SSSR count). The number of phenols is 1. The van der Waals surface area contributed by atoms with Crippen LogP contribution in [0.4, 0.5) is 0 Å². The van der Waals surface area contributed by atoms with Crippen LogP contribution in [0.1, 0.15) is 25.3 Å². The third-order valence-corrected chi connectivity index (χ3v) is 6.33. The molecule has 0 aliphatic heterocycles. The number of unbranched alkanes of at least 4 members (excludes halogenated alkanes) is 1. The number of aromatic hydroxyl groups is 1. The zero-order valence-electron chi connectivity index (χ0n) is 17.5. The van der Waals surface area contributed by atoms with Gasteiger partial charge in [0.2, 0.25) is 9.84 Å². The molecule has 0 heterocycles. The summed E-state index contributed by atoms with van der Waals surface area (Å²) >= 11 is 0. The molecule has 3 aromatic rings.